The number of fused-ring (bicyclic) bond motifs is 2. The van der Waals surface area contributed by atoms with Gasteiger partial charge in [0.1, 0.15) is 0 Å². The Labute approximate surface area is 361 Å². The maximum absolute atomic E-state index is 6.68. The summed E-state index contributed by atoms with van der Waals surface area (Å²) in [5, 5.41) is 2.03. The Balaban J connectivity index is 1.12. The molecule has 4 nitrogen and oxygen atoms in total. The van der Waals surface area contributed by atoms with Gasteiger partial charge in [0.05, 0.1) is 0 Å². The van der Waals surface area contributed by atoms with E-state index in [0.29, 0.717) is 0 Å². The quantitative estimate of drug-likeness (QED) is 0.101. The highest BCUT2D eigenvalue weighted by atomic mass is 28.4. The van der Waals surface area contributed by atoms with Gasteiger partial charge < -0.3 is 18.7 Å². The third-order valence-corrected chi connectivity index (χ3v) is 15.2. The van der Waals surface area contributed by atoms with Gasteiger partial charge in [-0.25, -0.2) is 0 Å². The molecule has 0 saturated carbocycles. The molecule has 298 valence electrons. The molecule has 0 bridgehead atoms. The number of nitrogens with zero attached hydrogens (tertiary/aromatic N) is 2. The van der Waals surface area contributed by atoms with Gasteiger partial charge in [-0.1, -0.05) is 96.8 Å². The molecule has 8 aromatic rings. The molecular formula is C56H48N2O2Si. The molecule has 0 spiro atoms. The van der Waals surface area contributed by atoms with Gasteiger partial charge in [0.25, 0.3) is 0 Å². The first-order chi connectivity index (χ1) is 29.8. The zero-order valence-corrected chi connectivity index (χ0v) is 36.5. The van der Waals surface area contributed by atoms with Crippen molar-refractivity contribution >= 4 is 53.1 Å². The summed E-state index contributed by atoms with van der Waals surface area (Å²) in [6, 6.07) is 64.6. The maximum atomic E-state index is 6.68. The van der Waals surface area contributed by atoms with E-state index in [-0.39, 0.29) is 0 Å². The summed E-state index contributed by atoms with van der Waals surface area (Å²) in [7, 11) is 0.276. The lowest BCUT2D eigenvalue weighted by molar-refractivity contribution is 0.272. The number of hydrogen-bond acceptors (Lipinski definition) is 4. The third kappa shape index (κ3) is 7.26. The van der Waals surface area contributed by atoms with Crippen LogP contribution >= 0.6 is 0 Å². The second kappa shape index (κ2) is 16.6. The zero-order chi connectivity index (χ0) is 42.1. The van der Waals surface area contributed by atoms with Crippen LogP contribution in [0.3, 0.4) is 0 Å². The van der Waals surface area contributed by atoms with Crippen molar-refractivity contribution in [1.29, 1.82) is 0 Å². The van der Waals surface area contributed by atoms with Gasteiger partial charge in [0.2, 0.25) is 0 Å². The lowest BCUT2D eigenvalue weighted by Crippen LogP contribution is -2.63. The van der Waals surface area contributed by atoms with Crippen molar-refractivity contribution in [2.24, 2.45) is 0 Å². The molecule has 0 aromatic heterocycles. The van der Waals surface area contributed by atoms with Crippen LogP contribution in [0.4, 0.5) is 34.1 Å². The fraction of sp³-hybridized carbons (Fsp3) is 0.107. The summed E-state index contributed by atoms with van der Waals surface area (Å²) in [4.78, 5) is 4.64. The molecule has 0 radical (unpaired) electrons. The summed E-state index contributed by atoms with van der Waals surface area (Å²) in [6.07, 6.45) is 0. The summed E-state index contributed by atoms with van der Waals surface area (Å²) in [6.45, 7) is 8.83. The van der Waals surface area contributed by atoms with E-state index < -0.39 is 8.56 Å². The first-order valence-corrected chi connectivity index (χ1v) is 22.6. The number of rotatable bonds is 10. The second-order valence-corrected chi connectivity index (χ2v) is 18.8. The Kier molecular flexibility index (Phi) is 10.8. The highest BCUT2D eigenvalue weighted by Gasteiger charge is 2.45. The molecule has 1 aliphatic rings. The van der Waals surface area contributed by atoms with Gasteiger partial charge in [-0.05, 0) is 169 Å². The van der Waals surface area contributed by atoms with E-state index in [2.05, 4.69) is 231 Å². The van der Waals surface area contributed by atoms with E-state index in [0.717, 1.165) is 66.8 Å². The van der Waals surface area contributed by atoms with E-state index >= 15 is 0 Å². The zero-order valence-electron chi connectivity index (χ0n) is 35.5. The molecule has 5 heteroatoms. The van der Waals surface area contributed by atoms with Crippen LogP contribution in [0.2, 0.25) is 0 Å². The summed E-state index contributed by atoms with van der Waals surface area (Å²) in [5.74, 6) is 7.04. The summed E-state index contributed by atoms with van der Waals surface area (Å²) >= 11 is 0. The van der Waals surface area contributed by atoms with Crippen molar-refractivity contribution in [3.05, 3.63) is 215 Å². The normalized spacial score (nSPS) is 12.4. The minimum absolute atomic E-state index is 0.932. The van der Waals surface area contributed by atoms with Crippen molar-refractivity contribution < 1.29 is 8.85 Å². The highest BCUT2D eigenvalue weighted by molar-refractivity contribution is 6.93. The van der Waals surface area contributed by atoms with Gasteiger partial charge in [0.15, 0.2) is 0 Å². The summed E-state index contributed by atoms with van der Waals surface area (Å²) < 4.78 is 13.4. The predicted octanol–water partition coefficient (Wildman–Crippen LogP) is 12.8. The van der Waals surface area contributed by atoms with Crippen molar-refractivity contribution in [3.8, 4) is 34.1 Å². The largest absolute Gasteiger partial charge is 0.409 e. The Morgan fingerprint density at radius 1 is 0.361 bits per heavy atom. The van der Waals surface area contributed by atoms with Gasteiger partial charge in [-0.2, -0.15) is 0 Å². The summed E-state index contributed by atoms with van der Waals surface area (Å²) in [5.41, 5.74) is 17.9. The molecule has 0 saturated heterocycles. The van der Waals surface area contributed by atoms with Crippen LogP contribution in [-0.2, 0) is 8.85 Å². The fourth-order valence-corrected chi connectivity index (χ4v) is 12.2. The number of aryl methyl sites for hydroxylation is 4. The van der Waals surface area contributed by atoms with Gasteiger partial charge in [-0.15, -0.1) is 0 Å². The first-order valence-electron chi connectivity index (χ1n) is 20.7. The molecule has 0 fully saturated rings. The van der Waals surface area contributed by atoms with E-state index in [1.807, 2.05) is 0 Å². The molecule has 8 aromatic carbocycles. The lowest BCUT2D eigenvalue weighted by Gasteiger charge is -2.31. The van der Waals surface area contributed by atoms with Crippen molar-refractivity contribution in [2.75, 3.05) is 24.0 Å². The van der Waals surface area contributed by atoms with Gasteiger partial charge >= 0.3 is 8.56 Å². The molecular weight excluding hydrogens is 761 g/mol. The molecule has 0 N–H and O–H groups in total. The Hall–Kier alpha value is -6.94. The van der Waals surface area contributed by atoms with Crippen molar-refractivity contribution in [1.82, 2.24) is 0 Å². The topological polar surface area (TPSA) is 24.9 Å². The SMILES string of the molecule is CO[Si]1(OC)c2cc(-c3c(C)cc(N(c4ccccc4)c4ccccc4)cc3C)ccc2C#Cc2ccc(-c3c(C)cc(N(c4ccccc4)c4ccccc4)cc3C)cc21. The molecule has 1 heterocycles. The van der Waals surface area contributed by atoms with Crippen LogP contribution in [0.1, 0.15) is 33.4 Å². The first kappa shape index (κ1) is 39.5. The monoisotopic (exact) mass is 808 g/mol. The molecule has 9 rings (SSSR count). The van der Waals surface area contributed by atoms with Crippen LogP contribution in [0.5, 0.6) is 0 Å². The van der Waals surface area contributed by atoms with Crippen LogP contribution in [0, 0.1) is 39.5 Å². The smallest absolute Gasteiger partial charge is 0.391 e. The van der Waals surface area contributed by atoms with Gasteiger partial charge in [-0.3, -0.25) is 0 Å². The minimum Gasteiger partial charge on any atom is -0.391 e. The van der Waals surface area contributed by atoms with E-state index in [4.69, 9.17) is 8.85 Å². The predicted molar refractivity (Wildman–Crippen MR) is 257 cm³/mol. The van der Waals surface area contributed by atoms with Crippen molar-refractivity contribution in [3.63, 3.8) is 0 Å². The average molecular weight is 809 g/mol. The number of anilines is 6. The van der Waals surface area contributed by atoms with Crippen molar-refractivity contribution in [2.45, 2.75) is 27.7 Å². The number of para-hydroxylation sites is 4. The number of benzene rings is 8. The van der Waals surface area contributed by atoms with Crippen LogP contribution in [0.25, 0.3) is 22.3 Å². The standard InChI is InChI=1S/C56H48N2O2Si/c1-39-33-51(57(47-19-11-7-12-20-47)48-21-13-8-14-22-48)34-40(2)55(39)45-31-29-43-27-28-44-30-32-46(38-54(44)61(59-5,60-6)53(43)37-45)56-41(3)35-52(36-42(56)4)58(49-23-15-9-16-24-49)50-25-17-10-18-26-50/h7-26,29-38H,1-6H3. The Morgan fingerprint density at radius 2 is 0.656 bits per heavy atom. The minimum atomic E-state index is -3.30. The number of hydrogen-bond donors (Lipinski definition) is 0. The highest BCUT2D eigenvalue weighted by Crippen LogP contribution is 2.41. The Morgan fingerprint density at radius 3 is 0.934 bits per heavy atom. The van der Waals surface area contributed by atoms with E-state index in [9.17, 15) is 0 Å². The van der Waals surface area contributed by atoms with Gasteiger partial charge in [0, 0.05) is 69.8 Å². The third-order valence-electron chi connectivity index (χ3n) is 11.8. The van der Waals surface area contributed by atoms with Crippen LogP contribution in [0.15, 0.2) is 182 Å². The Bertz CT molecular complexity index is 2610. The molecule has 0 amide bonds. The molecule has 0 atom stereocenters. The lowest BCUT2D eigenvalue weighted by atomic mass is 9.93. The molecule has 0 unspecified atom stereocenters. The fourth-order valence-electron chi connectivity index (χ4n) is 9.22. The average Bonchev–Trinajstić information content (AvgIpc) is 3.42. The van der Waals surface area contributed by atoms with E-state index in [1.165, 1.54) is 33.4 Å². The second-order valence-electron chi connectivity index (χ2n) is 15.7. The molecule has 1 aliphatic heterocycles. The van der Waals surface area contributed by atoms with Crippen LogP contribution in [-0.4, -0.2) is 22.8 Å². The molecule has 61 heavy (non-hydrogen) atoms. The molecule has 0 aliphatic carbocycles. The van der Waals surface area contributed by atoms with Crippen LogP contribution < -0.4 is 20.2 Å². The maximum Gasteiger partial charge on any atom is 0.409 e. The van der Waals surface area contributed by atoms with E-state index in [1.54, 1.807) is 14.2 Å².